The minimum Gasteiger partial charge on any atom is -0.448 e. The Labute approximate surface area is 253 Å². The summed E-state index contributed by atoms with van der Waals surface area (Å²) in [5.41, 5.74) is -4.18. The Morgan fingerprint density at radius 1 is 0.791 bits per heavy atom. The summed E-state index contributed by atoms with van der Waals surface area (Å²) >= 11 is 0. The van der Waals surface area contributed by atoms with Crippen molar-refractivity contribution >= 4 is 27.0 Å². The topological polar surface area (TPSA) is 80.7 Å². The van der Waals surface area contributed by atoms with Crippen molar-refractivity contribution in [1.29, 1.82) is 0 Å². The molecule has 4 bridgehead atoms. The first-order valence-corrected chi connectivity index (χ1v) is 17.3. The lowest BCUT2D eigenvalue weighted by Gasteiger charge is -2.55. The first kappa shape index (κ1) is 31.6. The predicted octanol–water partition coefficient (Wildman–Crippen LogP) is 7.74. The highest BCUT2D eigenvalue weighted by molar-refractivity contribution is 7.97. The molecule has 4 aliphatic rings. The molecule has 7 rings (SSSR count). The Balaban J connectivity index is 0.000000176. The molecule has 0 spiro atoms. The van der Waals surface area contributed by atoms with Crippen LogP contribution in [0, 0.1) is 23.2 Å². The highest BCUT2D eigenvalue weighted by Gasteiger charge is 2.61. The quantitative estimate of drug-likeness (QED) is 0.164. The second-order valence-corrected chi connectivity index (χ2v) is 15.8. The molecule has 3 aromatic rings. The summed E-state index contributed by atoms with van der Waals surface area (Å²) in [7, 11) is -4.98. The van der Waals surface area contributed by atoms with Gasteiger partial charge < -0.3 is 4.74 Å². The van der Waals surface area contributed by atoms with Gasteiger partial charge in [-0.05, 0) is 99.6 Å². The average Bonchev–Trinajstić information content (AvgIpc) is 2.93. The molecule has 0 heterocycles. The normalized spacial score (nSPS) is 25.9. The number of hydrogen-bond donors (Lipinski definition) is 1. The van der Waals surface area contributed by atoms with Crippen molar-refractivity contribution in [3.8, 4) is 0 Å². The molecule has 0 aromatic heterocycles. The number of rotatable bonds is 7. The van der Waals surface area contributed by atoms with E-state index in [1.54, 1.807) is 0 Å². The van der Waals surface area contributed by atoms with Crippen LogP contribution in [0.2, 0.25) is 0 Å². The zero-order chi connectivity index (χ0) is 30.9. The van der Waals surface area contributed by atoms with Crippen molar-refractivity contribution in [3.63, 3.8) is 0 Å². The van der Waals surface area contributed by atoms with Gasteiger partial charge in [0.15, 0.2) is 14.7 Å². The Kier molecular flexibility index (Phi) is 9.03. The van der Waals surface area contributed by atoms with Crippen LogP contribution in [-0.2, 0) is 30.5 Å². The Morgan fingerprint density at radius 2 is 1.14 bits per heavy atom. The number of ether oxygens (including phenoxy) is 1. The average molecular weight is 634 g/mol. The maximum absolute atomic E-state index is 13.3. The number of benzene rings is 3. The number of hydrogen-bond acceptors (Lipinski definition) is 4. The second kappa shape index (κ2) is 12.3. The van der Waals surface area contributed by atoms with Crippen molar-refractivity contribution in [2.75, 3.05) is 5.75 Å². The third kappa shape index (κ3) is 7.29. The van der Waals surface area contributed by atoms with Crippen LogP contribution in [0.5, 0.6) is 0 Å². The molecule has 3 aromatic carbocycles. The SMILES string of the molecule is CC(CS(=O)(=O)O)(OC(=O)C12CC3CC(CC(C3)C1)C2)C(F)(F)F.c1ccc([S+](c2ccccc2)c2ccccc2)cc1. The fraction of sp³-hybridized carbons (Fsp3) is 0.424. The molecule has 4 aliphatic carbocycles. The van der Waals surface area contributed by atoms with Crippen LogP contribution in [0.15, 0.2) is 106 Å². The number of halogens is 3. The molecule has 230 valence electrons. The van der Waals surface area contributed by atoms with Gasteiger partial charge in [0.1, 0.15) is 5.75 Å². The summed E-state index contributed by atoms with van der Waals surface area (Å²) in [4.78, 5) is 16.7. The number of carbonyl (C=O) groups is 1. The van der Waals surface area contributed by atoms with Crippen molar-refractivity contribution < 1.29 is 35.7 Å². The molecular formula is C33H36F3O5S2+. The summed E-state index contributed by atoms with van der Waals surface area (Å²) in [6.45, 7) is 0.499. The highest BCUT2D eigenvalue weighted by atomic mass is 32.2. The lowest BCUT2D eigenvalue weighted by atomic mass is 9.49. The van der Waals surface area contributed by atoms with E-state index in [2.05, 4.69) is 91.0 Å². The third-order valence-electron chi connectivity index (χ3n) is 8.78. The zero-order valence-electron chi connectivity index (χ0n) is 23.9. The Morgan fingerprint density at radius 3 is 1.44 bits per heavy atom. The van der Waals surface area contributed by atoms with Gasteiger partial charge in [0.25, 0.3) is 10.1 Å². The van der Waals surface area contributed by atoms with Crippen molar-refractivity contribution in [3.05, 3.63) is 91.0 Å². The Bertz CT molecular complexity index is 1370. The summed E-state index contributed by atoms with van der Waals surface area (Å²) < 4.78 is 75.5. The van der Waals surface area contributed by atoms with E-state index in [0.717, 1.165) is 19.3 Å². The largest absolute Gasteiger partial charge is 0.448 e. The highest BCUT2D eigenvalue weighted by Crippen LogP contribution is 2.60. The molecule has 0 radical (unpaired) electrons. The molecule has 5 nitrogen and oxygen atoms in total. The maximum atomic E-state index is 13.3. The summed E-state index contributed by atoms with van der Waals surface area (Å²) in [5.74, 6) is -1.65. The van der Waals surface area contributed by atoms with E-state index >= 15 is 0 Å². The van der Waals surface area contributed by atoms with E-state index in [0.29, 0.717) is 43.9 Å². The summed E-state index contributed by atoms with van der Waals surface area (Å²) in [6, 6.07) is 32.2. The van der Waals surface area contributed by atoms with Crippen molar-refractivity contribution in [1.82, 2.24) is 0 Å². The van der Waals surface area contributed by atoms with Gasteiger partial charge in [-0.25, -0.2) is 0 Å². The first-order valence-electron chi connectivity index (χ1n) is 14.4. The van der Waals surface area contributed by atoms with Gasteiger partial charge in [0.2, 0.25) is 5.60 Å². The zero-order valence-corrected chi connectivity index (χ0v) is 25.5. The van der Waals surface area contributed by atoms with Crippen LogP contribution in [0.4, 0.5) is 13.2 Å². The molecule has 4 fully saturated rings. The van der Waals surface area contributed by atoms with E-state index in [4.69, 9.17) is 9.29 Å². The van der Waals surface area contributed by atoms with Crippen LogP contribution in [0.3, 0.4) is 0 Å². The molecular weight excluding hydrogens is 597 g/mol. The van der Waals surface area contributed by atoms with E-state index in [9.17, 15) is 26.4 Å². The fourth-order valence-electron chi connectivity index (χ4n) is 7.27. The molecule has 0 amide bonds. The van der Waals surface area contributed by atoms with Gasteiger partial charge in [-0.1, -0.05) is 54.6 Å². The second-order valence-electron chi connectivity index (χ2n) is 12.3. The smallest absolute Gasteiger partial charge is 0.429 e. The van der Waals surface area contributed by atoms with Gasteiger partial charge in [0, 0.05) is 0 Å². The van der Waals surface area contributed by atoms with E-state index < -0.39 is 39.0 Å². The van der Waals surface area contributed by atoms with Crippen LogP contribution < -0.4 is 0 Å². The van der Waals surface area contributed by atoms with E-state index in [1.165, 1.54) is 14.7 Å². The van der Waals surface area contributed by atoms with Crippen LogP contribution >= 0.6 is 0 Å². The molecule has 1 N–H and O–H groups in total. The monoisotopic (exact) mass is 633 g/mol. The number of alkyl halides is 3. The van der Waals surface area contributed by atoms with Crippen molar-refractivity contribution in [2.24, 2.45) is 23.2 Å². The predicted molar refractivity (Wildman–Crippen MR) is 159 cm³/mol. The minimum atomic E-state index is -5.10. The summed E-state index contributed by atoms with van der Waals surface area (Å²) in [6.07, 6.45) is -0.538. The molecule has 1 unspecified atom stereocenters. The molecule has 0 saturated heterocycles. The summed E-state index contributed by atoms with van der Waals surface area (Å²) in [5, 5.41) is 0. The molecule has 4 saturated carbocycles. The minimum absolute atomic E-state index is 0.0146. The van der Waals surface area contributed by atoms with Gasteiger partial charge in [-0.3, -0.25) is 9.35 Å². The lowest BCUT2D eigenvalue weighted by Crippen LogP contribution is -2.56. The molecule has 1 atom stereocenters. The molecule has 0 aliphatic heterocycles. The van der Waals surface area contributed by atoms with Gasteiger partial charge >= 0.3 is 12.1 Å². The first-order chi connectivity index (χ1) is 20.3. The number of esters is 1. The van der Waals surface area contributed by atoms with Gasteiger partial charge in [-0.2, -0.15) is 21.6 Å². The van der Waals surface area contributed by atoms with Crippen LogP contribution in [0.25, 0.3) is 0 Å². The maximum Gasteiger partial charge on any atom is 0.429 e. The molecule has 43 heavy (non-hydrogen) atoms. The van der Waals surface area contributed by atoms with E-state index in [-0.39, 0.29) is 10.9 Å². The van der Waals surface area contributed by atoms with Crippen LogP contribution in [-0.4, -0.2) is 36.5 Å². The van der Waals surface area contributed by atoms with Gasteiger partial charge in [-0.15, -0.1) is 0 Å². The Hall–Kier alpha value is -2.82. The van der Waals surface area contributed by atoms with Crippen molar-refractivity contribution in [2.45, 2.75) is 71.9 Å². The standard InChI is InChI=1S/C18H15S.C15H21F3O5S/c1-4-10-16(11-5-1)19(17-12-6-2-7-13-17)18-14-8-3-9-15-18;1-13(15(16,17)18,8-24(20,21)22)23-12(19)14-5-9-2-10(6-14)4-11(3-9)7-14/h1-15H;9-11H,2-8H2,1H3,(H,20,21,22)/q+1;. The lowest BCUT2D eigenvalue weighted by molar-refractivity contribution is -0.264. The fourth-order valence-corrected chi connectivity index (χ4v) is 10.3. The number of carbonyl (C=O) groups excluding carboxylic acids is 1. The van der Waals surface area contributed by atoms with E-state index in [1.807, 2.05) is 0 Å². The van der Waals surface area contributed by atoms with Crippen LogP contribution in [0.1, 0.15) is 45.4 Å². The molecule has 10 heteroatoms. The third-order valence-corrected chi connectivity index (χ3v) is 11.9. The van der Waals surface area contributed by atoms with Gasteiger partial charge in [0.05, 0.1) is 16.3 Å².